The zero-order valence-corrected chi connectivity index (χ0v) is 18.3. The van der Waals surface area contributed by atoms with Crippen LogP contribution in [-0.2, 0) is 13.0 Å². The molecule has 2 N–H and O–H groups in total. The number of aliphatic imine (C=N–C) groups is 1. The van der Waals surface area contributed by atoms with Crippen LogP contribution in [0.2, 0.25) is 0 Å². The Balaban J connectivity index is 0.00000261. The zero-order chi connectivity index (χ0) is 18.2. The first-order valence-corrected chi connectivity index (χ1v) is 9.30. The summed E-state index contributed by atoms with van der Waals surface area (Å²) in [6.45, 7) is 5.72. The quantitative estimate of drug-likeness (QED) is 0.369. The van der Waals surface area contributed by atoms with E-state index in [1.54, 1.807) is 6.33 Å². The summed E-state index contributed by atoms with van der Waals surface area (Å²) >= 11 is 0. The van der Waals surface area contributed by atoms with Crippen molar-refractivity contribution in [2.24, 2.45) is 4.99 Å². The number of anilines is 1. The third kappa shape index (κ3) is 6.05. The van der Waals surface area contributed by atoms with Crippen molar-refractivity contribution in [3.05, 3.63) is 36.5 Å². The van der Waals surface area contributed by atoms with Crippen LogP contribution in [0.5, 0.6) is 0 Å². The van der Waals surface area contributed by atoms with Gasteiger partial charge in [-0.05, 0) is 25.0 Å². The minimum absolute atomic E-state index is 0. The molecule has 0 amide bonds. The van der Waals surface area contributed by atoms with Crippen molar-refractivity contribution < 1.29 is 0 Å². The van der Waals surface area contributed by atoms with Gasteiger partial charge in [-0.3, -0.25) is 4.99 Å². The molecule has 27 heavy (non-hydrogen) atoms. The number of hydrogen-bond acceptors (Lipinski definition) is 5. The van der Waals surface area contributed by atoms with Crippen LogP contribution >= 0.6 is 24.0 Å². The third-order valence-corrected chi connectivity index (χ3v) is 4.69. The van der Waals surface area contributed by atoms with Gasteiger partial charge in [-0.2, -0.15) is 0 Å². The summed E-state index contributed by atoms with van der Waals surface area (Å²) in [7, 11) is 1.81. The number of piperidine rings is 1. The summed E-state index contributed by atoms with van der Waals surface area (Å²) < 4.78 is 2.08. The number of halogens is 1. The fraction of sp³-hybridized carbons (Fsp3) is 0.556. The lowest BCUT2D eigenvalue weighted by atomic mass is 10.1. The average Bonchev–Trinajstić information content (AvgIpc) is 3.16. The van der Waals surface area contributed by atoms with Gasteiger partial charge in [0.25, 0.3) is 0 Å². The first-order valence-electron chi connectivity index (χ1n) is 9.30. The molecule has 2 aromatic rings. The van der Waals surface area contributed by atoms with Crippen LogP contribution in [-0.4, -0.2) is 58.4 Å². The second kappa shape index (κ2) is 11.1. The fourth-order valence-corrected chi connectivity index (χ4v) is 3.22. The van der Waals surface area contributed by atoms with Gasteiger partial charge in [-0.25, -0.2) is 4.98 Å². The molecule has 0 atom stereocenters. The predicted molar refractivity (Wildman–Crippen MR) is 119 cm³/mol. The van der Waals surface area contributed by atoms with E-state index < -0.39 is 0 Å². The molecule has 3 rings (SSSR count). The van der Waals surface area contributed by atoms with E-state index in [0.717, 1.165) is 63.0 Å². The molecule has 9 heteroatoms. The van der Waals surface area contributed by atoms with Crippen LogP contribution in [0.4, 0.5) is 5.82 Å². The van der Waals surface area contributed by atoms with Gasteiger partial charge in [-0.15, -0.1) is 34.2 Å². The Bertz CT molecular complexity index is 694. The molecule has 0 aromatic carbocycles. The smallest absolute Gasteiger partial charge is 0.191 e. The van der Waals surface area contributed by atoms with E-state index >= 15 is 0 Å². The summed E-state index contributed by atoms with van der Waals surface area (Å²) in [6, 6.07) is 6.50. The number of aromatic nitrogens is 4. The zero-order valence-electron chi connectivity index (χ0n) is 16.0. The van der Waals surface area contributed by atoms with Gasteiger partial charge in [0.1, 0.15) is 18.0 Å². The number of guanidine groups is 1. The van der Waals surface area contributed by atoms with E-state index in [0.29, 0.717) is 6.04 Å². The number of pyridine rings is 1. The molecule has 0 aliphatic carbocycles. The van der Waals surface area contributed by atoms with Gasteiger partial charge in [0.15, 0.2) is 5.96 Å². The summed E-state index contributed by atoms with van der Waals surface area (Å²) in [5.74, 6) is 2.93. The lowest BCUT2D eigenvalue weighted by molar-refractivity contribution is 0.458. The molecule has 0 bridgehead atoms. The van der Waals surface area contributed by atoms with Crippen LogP contribution in [0.3, 0.4) is 0 Å². The molecule has 0 unspecified atom stereocenters. The van der Waals surface area contributed by atoms with Crippen LogP contribution in [0, 0.1) is 0 Å². The van der Waals surface area contributed by atoms with Gasteiger partial charge in [0, 0.05) is 51.9 Å². The molecular formula is C18H29IN8. The molecule has 3 heterocycles. The molecule has 1 fully saturated rings. The molecule has 1 saturated heterocycles. The maximum Gasteiger partial charge on any atom is 0.191 e. The van der Waals surface area contributed by atoms with Crippen molar-refractivity contribution >= 4 is 35.8 Å². The Morgan fingerprint density at radius 2 is 2.11 bits per heavy atom. The minimum Gasteiger partial charge on any atom is -0.356 e. The monoisotopic (exact) mass is 484 g/mol. The highest BCUT2D eigenvalue weighted by atomic mass is 127. The van der Waals surface area contributed by atoms with Crippen LogP contribution in [0.1, 0.15) is 25.6 Å². The normalized spacial score (nSPS) is 15.3. The van der Waals surface area contributed by atoms with E-state index in [2.05, 4.69) is 53.3 Å². The van der Waals surface area contributed by atoms with Gasteiger partial charge in [-0.1, -0.05) is 13.0 Å². The second-order valence-electron chi connectivity index (χ2n) is 6.39. The van der Waals surface area contributed by atoms with E-state index in [1.165, 1.54) is 0 Å². The highest BCUT2D eigenvalue weighted by molar-refractivity contribution is 14.0. The Labute approximate surface area is 177 Å². The molecule has 0 spiro atoms. The minimum atomic E-state index is 0. The van der Waals surface area contributed by atoms with E-state index in [4.69, 9.17) is 0 Å². The maximum absolute atomic E-state index is 4.44. The topological polar surface area (TPSA) is 83.3 Å². The third-order valence-electron chi connectivity index (χ3n) is 4.69. The number of nitrogens with zero attached hydrogens (tertiary/aromatic N) is 6. The number of aryl methyl sites for hydroxylation is 1. The van der Waals surface area contributed by atoms with E-state index in [-0.39, 0.29) is 24.0 Å². The van der Waals surface area contributed by atoms with E-state index in [9.17, 15) is 0 Å². The van der Waals surface area contributed by atoms with Crippen molar-refractivity contribution in [3.8, 4) is 0 Å². The summed E-state index contributed by atoms with van der Waals surface area (Å²) in [4.78, 5) is 11.1. The Kier molecular flexibility index (Phi) is 8.76. The Morgan fingerprint density at radius 3 is 2.78 bits per heavy atom. The van der Waals surface area contributed by atoms with Gasteiger partial charge < -0.3 is 20.1 Å². The molecule has 2 aromatic heterocycles. The van der Waals surface area contributed by atoms with Crippen molar-refractivity contribution in [1.82, 2.24) is 30.4 Å². The van der Waals surface area contributed by atoms with Crippen LogP contribution < -0.4 is 15.5 Å². The van der Waals surface area contributed by atoms with Gasteiger partial charge in [0.2, 0.25) is 0 Å². The van der Waals surface area contributed by atoms with Gasteiger partial charge >= 0.3 is 0 Å². The lowest BCUT2D eigenvalue weighted by Gasteiger charge is -2.33. The standard InChI is InChI=1S/C18H28N8.HI/c1-3-16-24-22-14-26(16)13-10-21-18(19-2)23-15-7-11-25(12-8-15)17-6-4-5-9-20-17;/h4-6,9,14-15H,3,7-8,10-13H2,1-2H3,(H2,19,21,23);1H. The van der Waals surface area contributed by atoms with Gasteiger partial charge in [0.05, 0.1) is 0 Å². The first-order chi connectivity index (χ1) is 12.8. The second-order valence-corrected chi connectivity index (χ2v) is 6.39. The summed E-state index contributed by atoms with van der Waals surface area (Å²) in [5.41, 5.74) is 0. The number of rotatable bonds is 6. The maximum atomic E-state index is 4.44. The van der Waals surface area contributed by atoms with Crippen molar-refractivity contribution in [1.29, 1.82) is 0 Å². The molecule has 8 nitrogen and oxygen atoms in total. The van der Waals surface area contributed by atoms with Crippen LogP contribution in [0.25, 0.3) is 0 Å². The van der Waals surface area contributed by atoms with Crippen molar-refractivity contribution in [2.75, 3.05) is 31.6 Å². The summed E-state index contributed by atoms with van der Waals surface area (Å²) in [6.07, 6.45) is 6.67. The molecule has 1 aliphatic heterocycles. The molecule has 0 radical (unpaired) electrons. The fourth-order valence-electron chi connectivity index (χ4n) is 3.22. The SMILES string of the molecule is CCc1nncn1CCNC(=NC)NC1CCN(c2ccccn2)CC1.I. The predicted octanol–water partition coefficient (Wildman–Crippen LogP) is 1.69. The lowest BCUT2D eigenvalue weighted by Crippen LogP contribution is -2.49. The van der Waals surface area contributed by atoms with Crippen molar-refractivity contribution in [3.63, 3.8) is 0 Å². The molecule has 0 saturated carbocycles. The highest BCUT2D eigenvalue weighted by Crippen LogP contribution is 2.17. The average molecular weight is 484 g/mol. The molecule has 148 valence electrons. The first kappa shape index (κ1) is 21.4. The number of hydrogen-bond donors (Lipinski definition) is 2. The molecular weight excluding hydrogens is 455 g/mol. The number of nitrogens with one attached hydrogen (secondary N) is 2. The van der Waals surface area contributed by atoms with Crippen molar-refractivity contribution in [2.45, 2.75) is 38.8 Å². The summed E-state index contributed by atoms with van der Waals surface area (Å²) in [5, 5.41) is 15.0. The Morgan fingerprint density at radius 1 is 1.30 bits per heavy atom. The van der Waals surface area contributed by atoms with E-state index in [1.807, 2.05) is 25.4 Å². The largest absolute Gasteiger partial charge is 0.356 e. The highest BCUT2D eigenvalue weighted by Gasteiger charge is 2.20. The molecule has 1 aliphatic rings. The van der Waals surface area contributed by atoms with Crippen LogP contribution in [0.15, 0.2) is 35.7 Å². The Hall–Kier alpha value is -1.91.